The molecule has 0 aliphatic rings. The lowest BCUT2D eigenvalue weighted by molar-refractivity contribution is 0.582. The van der Waals surface area contributed by atoms with E-state index in [1.165, 1.54) is 55.7 Å². The Morgan fingerprint density at radius 3 is 1.95 bits per heavy atom. The highest BCUT2D eigenvalue weighted by Gasteiger charge is 1.99. The van der Waals surface area contributed by atoms with Crippen LogP contribution in [0, 0.1) is 5.95 Å². The van der Waals surface area contributed by atoms with Gasteiger partial charge in [0.25, 0.3) is 0 Å². The van der Waals surface area contributed by atoms with Crippen molar-refractivity contribution >= 4 is 0 Å². The number of pyridine rings is 1. The van der Waals surface area contributed by atoms with E-state index in [9.17, 15) is 4.39 Å². The Labute approximate surface area is 133 Å². The van der Waals surface area contributed by atoms with E-state index in [1.54, 1.807) is 6.20 Å². The van der Waals surface area contributed by atoms with Crippen LogP contribution < -0.4 is 0 Å². The van der Waals surface area contributed by atoms with E-state index in [4.69, 9.17) is 0 Å². The number of unbranched alkanes of at least 4 members (excludes halogenated alkanes) is 4. The second-order valence-electron chi connectivity index (χ2n) is 5.97. The Morgan fingerprint density at radius 2 is 1.32 bits per heavy atom. The summed E-state index contributed by atoms with van der Waals surface area (Å²) in [7, 11) is 0. The van der Waals surface area contributed by atoms with Crippen LogP contribution in [0.1, 0.15) is 55.7 Å². The van der Waals surface area contributed by atoms with Crippen LogP contribution in [0.4, 0.5) is 4.39 Å². The summed E-state index contributed by atoms with van der Waals surface area (Å²) < 4.78 is 12.8. The molecule has 1 aromatic heterocycles. The van der Waals surface area contributed by atoms with Crippen molar-refractivity contribution in [2.45, 2.75) is 58.3 Å². The quantitative estimate of drug-likeness (QED) is 0.439. The van der Waals surface area contributed by atoms with Crippen LogP contribution in [0.25, 0.3) is 0 Å². The number of halogens is 1. The van der Waals surface area contributed by atoms with Crippen molar-refractivity contribution < 1.29 is 4.39 Å². The highest BCUT2D eigenvalue weighted by atomic mass is 19.1. The summed E-state index contributed by atoms with van der Waals surface area (Å²) in [4.78, 5) is 3.69. The largest absolute Gasteiger partial charge is 0.228 e. The fourth-order valence-electron chi connectivity index (χ4n) is 2.65. The lowest BCUT2D eigenvalue weighted by atomic mass is 10.0. The van der Waals surface area contributed by atoms with E-state index in [0.717, 1.165) is 18.4 Å². The van der Waals surface area contributed by atoms with Crippen molar-refractivity contribution in [3.05, 3.63) is 65.2 Å². The van der Waals surface area contributed by atoms with E-state index < -0.39 is 5.95 Å². The molecule has 0 fully saturated rings. The maximum atomic E-state index is 12.8. The zero-order valence-corrected chi connectivity index (χ0v) is 13.5. The fraction of sp³-hybridized carbons (Fsp3) is 0.450. The zero-order valence-electron chi connectivity index (χ0n) is 13.5. The topological polar surface area (TPSA) is 12.9 Å². The Hall–Kier alpha value is -1.70. The molecule has 0 unspecified atom stereocenters. The minimum absolute atomic E-state index is 0.410. The predicted octanol–water partition coefficient (Wildman–Crippen LogP) is 5.52. The Bertz CT molecular complexity index is 531. The summed E-state index contributed by atoms with van der Waals surface area (Å²) in [6, 6.07) is 12.2. The summed E-state index contributed by atoms with van der Waals surface area (Å²) in [6.07, 6.45) is 11.4. The number of hydrogen-bond donors (Lipinski definition) is 0. The third-order valence-electron chi connectivity index (χ3n) is 4.08. The van der Waals surface area contributed by atoms with Crippen LogP contribution in [0.5, 0.6) is 0 Å². The normalized spacial score (nSPS) is 10.8. The van der Waals surface area contributed by atoms with E-state index in [2.05, 4.69) is 36.2 Å². The van der Waals surface area contributed by atoms with Gasteiger partial charge in [0, 0.05) is 6.20 Å². The summed E-state index contributed by atoms with van der Waals surface area (Å²) in [5.41, 5.74) is 3.85. The highest BCUT2D eigenvalue weighted by Crippen LogP contribution is 2.12. The van der Waals surface area contributed by atoms with Crippen molar-refractivity contribution in [1.29, 1.82) is 0 Å². The molecule has 0 atom stereocenters. The van der Waals surface area contributed by atoms with Crippen molar-refractivity contribution in [1.82, 2.24) is 4.98 Å². The van der Waals surface area contributed by atoms with Gasteiger partial charge < -0.3 is 0 Å². The molecule has 0 amide bonds. The highest BCUT2D eigenvalue weighted by molar-refractivity contribution is 5.24. The Kier molecular flexibility index (Phi) is 7.08. The molecule has 2 heteroatoms. The van der Waals surface area contributed by atoms with Gasteiger partial charge in [0.05, 0.1) is 0 Å². The van der Waals surface area contributed by atoms with Gasteiger partial charge >= 0.3 is 0 Å². The van der Waals surface area contributed by atoms with Gasteiger partial charge in [-0.1, -0.05) is 62.9 Å². The number of aryl methyl sites for hydroxylation is 3. The maximum absolute atomic E-state index is 12.8. The number of benzene rings is 1. The molecular formula is C20H26FN. The molecule has 2 aromatic rings. The van der Waals surface area contributed by atoms with Crippen molar-refractivity contribution in [2.24, 2.45) is 0 Å². The van der Waals surface area contributed by atoms with Crippen LogP contribution in [-0.2, 0) is 19.3 Å². The average Bonchev–Trinajstić information content (AvgIpc) is 2.55. The summed E-state index contributed by atoms with van der Waals surface area (Å²) in [6.45, 7) is 2.25. The fourth-order valence-corrected chi connectivity index (χ4v) is 2.65. The van der Waals surface area contributed by atoms with Crippen molar-refractivity contribution in [3.63, 3.8) is 0 Å². The molecule has 22 heavy (non-hydrogen) atoms. The molecule has 1 heterocycles. The molecule has 0 radical (unpaired) electrons. The molecule has 2 rings (SSSR count). The molecular weight excluding hydrogens is 273 g/mol. The summed E-state index contributed by atoms with van der Waals surface area (Å²) in [5.74, 6) is -0.410. The van der Waals surface area contributed by atoms with Gasteiger partial charge in [-0.15, -0.1) is 0 Å². The molecule has 0 bridgehead atoms. The molecule has 0 spiro atoms. The molecule has 0 saturated heterocycles. The van der Waals surface area contributed by atoms with E-state index in [0.29, 0.717) is 0 Å². The molecule has 118 valence electrons. The third kappa shape index (κ3) is 5.97. The second kappa shape index (κ2) is 9.34. The number of hydrogen-bond acceptors (Lipinski definition) is 1. The monoisotopic (exact) mass is 299 g/mol. The number of aromatic nitrogens is 1. The summed E-state index contributed by atoms with van der Waals surface area (Å²) >= 11 is 0. The molecule has 0 N–H and O–H groups in total. The molecule has 0 saturated carbocycles. The van der Waals surface area contributed by atoms with Gasteiger partial charge in [-0.05, 0) is 48.4 Å². The molecule has 1 nitrogen and oxygen atoms in total. The van der Waals surface area contributed by atoms with Gasteiger partial charge in [-0.25, -0.2) is 4.98 Å². The number of rotatable bonds is 9. The summed E-state index contributed by atoms with van der Waals surface area (Å²) in [5, 5.41) is 0. The second-order valence-corrected chi connectivity index (χ2v) is 5.97. The first-order valence-electron chi connectivity index (χ1n) is 8.46. The molecule has 1 aromatic carbocycles. The third-order valence-corrected chi connectivity index (χ3v) is 4.08. The van der Waals surface area contributed by atoms with Gasteiger partial charge in [-0.2, -0.15) is 4.39 Å². The molecule has 0 aliphatic carbocycles. The number of nitrogens with zero attached hydrogens (tertiary/aromatic N) is 1. The minimum atomic E-state index is -0.410. The predicted molar refractivity (Wildman–Crippen MR) is 90.5 cm³/mol. The van der Waals surface area contributed by atoms with Crippen LogP contribution in [0.15, 0.2) is 42.6 Å². The van der Waals surface area contributed by atoms with Crippen molar-refractivity contribution in [2.75, 3.05) is 0 Å². The van der Waals surface area contributed by atoms with Gasteiger partial charge in [0.2, 0.25) is 5.95 Å². The Morgan fingerprint density at radius 1 is 0.727 bits per heavy atom. The van der Waals surface area contributed by atoms with E-state index in [-0.39, 0.29) is 0 Å². The van der Waals surface area contributed by atoms with Crippen LogP contribution in [0.2, 0.25) is 0 Å². The van der Waals surface area contributed by atoms with Gasteiger partial charge in [0.1, 0.15) is 0 Å². The zero-order chi connectivity index (χ0) is 15.6. The van der Waals surface area contributed by atoms with E-state index in [1.807, 2.05) is 6.07 Å². The lowest BCUT2D eigenvalue weighted by Gasteiger charge is -2.05. The standard InChI is InChI=1S/C20H26FN/c1-2-3-4-5-6-7-17-8-10-18(11-9-17)12-13-19-14-15-20(21)22-16-19/h8-11,14-16H,2-7,12-13H2,1H3. The minimum Gasteiger partial charge on any atom is -0.228 e. The average molecular weight is 299 g/mol. The van der Waals surface area contributed by atoms with Crippen LogP contribution >= 0.6 is 0 Å². The van der Waals surface area contributed by atoms with Gasteiger partial charge in [0.15, 0.2) is 0 Å². The van der Waals surface area contributed by atoms with Crippen LogP contribution in [0.3, 0.4) is 0 Å². The smallest absolute Gasteiger partial charge is 0.212 e. The van der Waals surface area contributed by atoms with Gasteiger partial charge in [-0.3, -0.25) is 0 Å². The Balaban J connectivity index is 1.73. The van der Waals surface area contributed by atoms with E-state index >= 15 is 0 Å². The first kappa shape index (κ1) is 16.7. The molecule has 0 aliphatic heterocycles. The lowest BCUT2D eigenvalue weighted by Crippen LogP contribution is -1.94. The maximum Gasteiger partial charge on any atom is 0.212 e. The first-order valence-corrected chi connectivity index (χ1v) is 8.46. The first-order chi connectivity index (χ1) is 10.8. The van der Waals surface area contributed by atoms with Crippen molar-refractivity contribution in [3.8, 4) is 0 Å². The van der Waals surface area contributed by atoms with Crippen LogP contribution in [-0.4, -0.2) is 4.98 Å². The SMILES string of the molecule is CCCCCCCc1ccc(CCc2ccc(F)nc2)cc1.